The average molecular weight is 482 g/mol. The number of rotatable bonds is 9. The van der Waals surface area contributed by atoms with E-state index < -0.39 is 5.56 Å². The van der Waals surface area contributed by atoms with Crippen LogP contribution in [0.5, 0.6) is 0 Å². The Morgan fingerprint density at radius 1 is 1.21 bits per heavy atom. The van der Waals surface area contributed by atoms with Gasteiger partial charge in [-0.2, -0.15) is 0 Å². The number of carbonyl (C=O) groups is 1. The quantitative estimate of drug-likeness (QED) is 0.235. The van der Waals surface area contributed by atoms with Gasteiger partial charge in [-0.25, -0.2) is 4.98 Å². The van der Waals surface area contributed by atoms with Gasteiger partial charge in [0.25, 0.3) is 5.56 Å². The molecule has 0 radical (unpaired) electrons. The summed E-state index contributed by atoms with van der Waals surface area (Å²) >= 11 is 6.53. The lowest BCUT2D eigenvalue weighted by Crippen LogP contribution is -2.35. The largest absolute Gasteiger partial charge is 0.388 e. The number of halogens is 1. The van der Waals surface area contributed by atoms with Gasteiger partial charge in [-0.3, -0.25) is 19.6 Å². The molecule has 178 valence electrons. The molecule has 3 rings (SSSR count). The fourth-order valence-corrected chi connectivity index (χ4v) is 3.65. The number of amidine groups is 1. The second kappa shape index (κ2) is 10.8. The van der Waals surface area contributed by atoms with E-state index in [0.29, 0.717) is 16.8 Å². The van der Waals surface area contributed by atoms with E-state index in [-0.39, 0.29) is 41.8 Å². The van der Waals surface area contributed by atoms with Gasteiger partial charge in [0.05, 0.1) is 5.69 Å². The Balaban J connectivity index is 1.92. The van der Waals surface area contributed by atoms with Crippen LogP contribution in [0.3, 0.4) is 0 Å². The van der Waals surface area contributed by atoms with Crippen molar-refractivity contribution in [3.8, 4) is 11.3 Å². The third kappa shape index (κ3) is 5.93. The molecule has 1 heterocycles. The van der Waals surface area contributed by atoms with Crippen LogP contribution in [0.25, 0.3) is 11.3 Å². The highest BCUT2D eigenvalue weighted by molar-refractivity contribution is 6.32. The maximum Gasteiger partial charge on any atom is 0.294 e. The Hall–Kier alpha value is -3.85. The second-order valence-electron chi connectivity index (χ2n) is 8.01. The van der Waals surface area contributed by atoms with Crippen molar-refractivity contribution in [2.75, 3.05) is 17.7 Å². The number of hydrogen-bond donors (Lipinski definition) is 5. The summed E-state index contributed by atoms with van der Waals surface area (Å²) < 4.78 is 1.34. The van der Waals surface area contributed by atoms with Gasteiger partial charge in [0.1, 0.15) is 12.4 Å². The minimum atomic E-state index is -0.441. The van der Waals surface area contributed by atoms with Gasteiger partial charge in [-0.05, 0) is 31.5 Å². The molecule has 1 aromatic heterocycles. The average Bonchev–Trinajstić information content (AvgIpc) is 2.80. The predicted octanol–water partition coefficient (Wildman–Crippen LogP) is 3.03. The number of hydrogen-bond acceptors (Lipinski definition) is 6. The van der Waals surface area contributed by atoms with E-state index in [0.717, 1.165) is 11.3 Å². The minimum absolute atomic E-state index is 0.0230. The molecule has 0 aliphatic carbocycles. The molecule has 0 fully saturated rings. The van der Waals surface area contributed by atoms with Gasteiger partial charge < -0.3 is 21.7 Å². The van der Waals surface area contributed by atoms with Crippen molar-refractivity contribution in [2.24, 2.45) is 5.73 Å². The summed E-state index contributed by atoms with van der Waals surface area (Å²) in [7, 11) is 1.79. The maximum atomic E-state index is 13.3. The lowest BCUT2D eigenvalue weighted by Gasteiger charge is -2.18. The van der Waals surface area contributed by atoms with Crippen molar-refractivity contribution in [3.05, 3.63) is 75.2 Å². The Bertz CT molecular complexity index is 1250. The third-order valence-electron chi connectivity index (χ3n) is 5.03. The molecular weight excluding hydrogens is 454 g/mol. The fraction of sp³-hybridized carbons (Fsp3) is 0.250. The van der Waals surface area contributed by atoms with Crippen LogP contribution in [-0.2, 0) is 17.9 Å². The molecule has 0 saturated carbocycles. The van der Waals surface area contributed by atoms with Crippen LogP contribution in [-0.4, -0.2) is 34.4 Å². The number of nitrogen functional groups attached to an aromatic ring is 1. The van der Waals surface area contributed by atoms with Gasteiger partial charge in [-0.1, -0.05) is 48.0 Å². The number of aromatic nitrogens is 2. The number of anilines is 2. The molecular formula is C24H28ClN7O2. The molecule has 0 saturated heterocycles. The van der Waals surface area contributed by atoms with E-state index >= 15 is 0 Å². The number of amides is 1. The van der Waals surface area contributed by atoms with Crippen LogP contribution < -0.4 is 27.2 Å². The summed E-state index contributed by atoms with van der Waals surface area (Å²) in [6.45, 7) is 3.78. The Kier molecular flexibility index (Phi) is 7.91. The molecule has 2 aromatic carbocycles. The normalized spacial score (nSPS) is 10.7. The zero-order valence-electron chi connectivity index (χ0n) is 19.3. The van der Waals surface area contributed by atoms with E-state index in [1.807, 2.05) is 38.1 Å². The summed E-state index contributed by atoms with van der Waals surface area (Å²) in [6, 6.07) is 14.3. The molecule has 0 aliphatic rings. The molecule has 6 N–H and O–H groups in total. The monoisotopic (exact) mass is 481 g/mol. The van der Waals surface area contributed by atoms with Crippen molar-refractivity contribution in [3.63, 3.8) is 0 Å². The molecule has 0 aliphatic heterocycles. The molecule has 1 amide bonds. The van der Waals surface area contributed by atoms with Crippen LogP contribution in [0.1, 0.15) is 25.0 Å². The molecule has 0 atom stereocenters. The highest BCUT2D eigenvalue weighted by atomic mass is 35.5. The minimum Gasteiger partial charge on any atom is -0.388 e. The number of nitrogens with one attached hydrogen (secondary N) is 4. The van der Waals surface area contributed by atoms with Crippen molar-refractivity contribution >= 4 is 34.8 Å². The van der Waals surface area contributed by atoms with Crippen molar-refractivity contribution in [1.82, 2.24) is 14.9 Å². The van der Waals surface area contributed by atoms with Crippen LogP contribution in [0, 0.1) is 5.41 Å². The van der Waals surface area contributed by atoms with Crippen molar-refractivity contribution in [2.45, 2.75) is 33.0 Å². The molecule has 34 heavy (non-hydrogen) atoms. The van der Waals surface area contributed by atoms with Gasteiger partial charge in [0, 0.05) is 36.4 Å². The highest BCUT2D eigenvalue weighted by Crippen LogP contribution is 2.28. The topological polar surface area (TPSA) is 138 Å². The Morgan fingerprint density at radius 2 is 1.91 bits per heavy atom. The predicted molar refractivity (Wildman–Crippen MR) is 137 cm³/mol. The summed E-state index contributed by atoms with van der Waals surface area (Å²) in [4.78, 5) is 30.4. The van der Waals surface area contributed by atoms with E-state index in [1.165, 1.54) is 4.57 Å². The lowest BCUT2D eigenvalue weighted by atomic mass is 10.1. The summed E-state index contributed by atoms with van der Waals surface area (Å²) in [5.41, 5.74) is 8.32. The number of benzene rings is 2. The Labute approximate surface area is 202 Å². The lowest BCUT2D eigenvalue weighted by molar-refractivity contribution is -0.121. The first-order valence-electron chi connectivity index (χ1n) is 10.7. The first-order chi connectivity index (χ1) is 16.2. The first kappa shape index (κ1) is 24.8. The standard InChI is InChI=1S/C24H28ClN7O2/c1-14(2)30-23-24(34)32(20(21(25)31-23)17-5-4-6-18(11-17)28-3)13-19(33)29-12-15-7-9-16(10-8-15)22(26)27/h4-11,14,28H,12-13H2,1-3H3,(H3,26,27)(H,29,33)(H,30,31). The van der Waals surface area contributed by atoms with Crippen LogP contribution >= 0.6 is 11.6 Å². The number of nitrogens with two attached hydrogens (primary N) is 1. The van der Waals surface area contributed by atoms with Crippen molar-refractivity contribution < 1.29 is 4.79 Å². The summed E-state index contributed by atoms with van der Waals surface area (Å²) in [5, 5.41) is 16.5. The third-order valence-corrected chi connectivity index (χ3v) is 5.29. The molecule has 0 bridgehead atoms. The van der Waals surface area contributed by atoms with Gasteiger partial charge in [-0.15, -0.1) is 0 Å². The zero-order chi connectivity index (χ0) is 24.8. The van der Waals surface area contributed by atoms with Crippen LogP contribution in [0.2, 0.25) is 5.15 Å². The second-order valence-corrected chi connectivity index (χ2v) is 8.37. The molecule has 9 nitrogen and oxygen atoms in total. The van der Waals surface area contributed by atoms with Crippen LogP contribution in [0.4, 0.5) is 11.5 Å². The summed E-state index contributed by atoms with van der Waals surface area (Å²) in [5.74, 6) is -0.298. The van der Waals surface area contributed by atoms with E-state index in [4.69, 9.17) is 22.7 Å². The van der Waals surface area contributed by atoms with Gasteiger partial charge in [0.15, 0.2) is 11.0 Å². The highest BCUT2D eigenvalue weighted by Gasteiger charge is 2.20. The van der Waals surface area contributed by atoms with E-state index in [1.54, 1.807) is 31.3 Å². The SMILES string of the molecule is CNc1cccc(-c2c(Cl)nc(NC(C)C)c(=O)n2CC(=O)NCc2ccc(C(=N)N)cc2)c1. The fourth-order valence-electron chi connectivity index (χ4n) is 3.36. The summed E-state index contributed by atoms with van der Waals surface area (Å²) in [6.07, 6.45) is 0. The van der Waals surface area contributed by atoms with E-state index in [9.17, 15) is 9.59 Å². The smallest absolute Gasteiger partial charge is 0.294 e. The Morgan fingerprint density at radius 3 is 2.53 bits per heavy atom. The van der Waals surface area contributed by atoms with Crippen LogP contribution in [0.15, 0.2) is 53.3 Å². The number of nitrogens with zero attached hydrogens (tertiary/aromatic N) is 2. The molecule has 0 spiro atoms. The molecule has 0 unspecified atom stereocenters. The first-order valence-corrected chi connectivity index (χ1v) is 11.1. The van der Waals surface area contributed by atoms with Gasteiger partial charge in [0.2, 0.25) is 5.91 Å². The maximum absolute atomic E-state index is 13.3. The molecule has 3 aromatic rings. The molecule has 10 heteroatoms. The number of carbonyl (C=O) groups excluding carboxylic acids is 1. The van der Waals surface area contributed by atoms with Gasteiger partial charge >= 0.3 is 0 Å². The van der Waals surface area contributed by atoms with Crippen molar-refractivity contribution in [1.29, 1.82) is 5.41 Å². The zero-order valence-corrected chi connectivity index (χ0v) is 20.0. The van der Waals surface area contributed by atoms with E-state index in [2.05, 4.69) is 20.9 Å².